The molecule has 0 aliphatic heterocycles. The Morgan fingerprint density at radius 3 is 2.69 bits per heavy atom. The molecule has 0 aromatic heterocycles. The molecule has 1 aliphatic carbocycles. The number of rotatable bonds is 2. The molecule has 0 heterocycles. The van der Waals surface area contributed by atoms with Crippen molar-refractivity contribution in [1.29, 1.82) is 0 Å². The number of benzene rings is 1. The van der Waals surface area contributed by atoms with Gasteiger partial charge in [0.05, 0.1) is 0 Å². The van der Waals surface area contributed by atoms with Gasteiger partial charge in [-0.15, -0.1) is 0 Å². The maximum atomic E-state index is 3.11. The molecule has 0 saturated heterocycles. The van der Waals surface area contributed by atoms with Crippen molar-refractivity contribution >= 4 is 11.9 Å². The van der Waals surface area contributed by atoms with E-state index >= 15 is 0 Å². The first-order valence-electron chi connectivity index (χ1n) is 4.85. The van der Waals surface area contributed by atoms with E-state index in [2.05, 4.69) is 22.9 Å². The van der Waals surface area contributed by atoms with E-state index in [1.165, 1.54) is 30.6 Å². The predicted octanol–water partition coefficient (Wildman–Crippen LogP) is 2.79. The lowest BCUT2D eigenvalue weighted by Gasteiger charge is -2.16. The zero-order valence-electron chi connectivity index (χ0n) is 7.97. The summed E-state index contributed by atoms with van der Waals surface area (Å²) in [4.78, 5) is 1.34. The summed E-state index contributed by atoms with van der Waals surface area (Å²) < 4.78 is 3.11. The van der Waals surface area contributed by atoms with E-state index in [0.717, 1.165) is 0 Å². The minimum absolute atomic E-state index is 1.27. The minimum Gasteiger partial charge on any atom is -0.263 e. The van der Waals surface area contributed by atoms with Crippen LogP contribution in [0.3, 0.4) is 0 Å². The van der Waals surface area contributed by atoms with Crippen molar-refractivity contribution in [2.24, 2.45) is 0 Å². The van der Waals surface area contributed by atoms with Gasteiger partial charge in [0.1, 0.15) is 0 Å². The highest BCUT2D eigenvalue weighted by molar-refractivity contribution is 7.97. The maximum absolute atomic E-state index is 3.11. The normalized spacial score (nSPS) is 15.5. The van der Waals surface area contributed by atoms with Crippen molar-refractivity contribution in [2.45, 2.75) is 30.6 Å². The second kappa shape index (κ2) is 4.16. The Labute approximate surface area is 84.1 Å². The largest absolute Gasteiger partial charge is 0.263 e. The number of hydrogen-bond acceptors (Lipinski definition) is 2. The fourth-order valence-corrected chi connectivity index (χ4v) is 2.46. The highest BCUT2D eigenvalue weighted by Crippen LogP contribution is 2.25. The Hall–Kier alpha value is -0.470. The molecule has 0 bridgehead atoms. The first-order chi connectivity index (χ1) is 6.40. The van der Waals surface area contributed by atoms with Crippen molar-refractivity contribution in [3.63, 3.8) is 0 Å². The number of hydrogen-bond donors (Lipinski definition) is 1. The summed E-state index contributed by atoms with van der Waals surface area (Å²) in [6.45, 7) is 0. The van der Waals surface area contributed by atoms with E-state index in [1.54, 1.807) is 23.1 Å². The molecule has 70 valence electrons. The summed E-state index contributed by atoms with van der Waals surface area (Å²) in [6.07, 6.45) is 5.28. The molecule has 0 radical (unpaired) electrons. The quantitative estimate of drug-likeness (QED) is 0.725. The molecule has 1 N–H and O–H groups in total. The van der Waals surface area contributed by atoms with Crippen molar-refractivity contribution in [3.05, 3.63) is 29.3 Å². The Morgan fingerprint density at radius 1 is 1.15 bits per heavy atom. The summed E-state index contributed by atoms with van der Waals surface area (Å²) in [6, 6.07) is 6.83. The molecule has 2 rings (SSSR count). The minimum atomic E-state index is 1.27. The van der Waals surface area contributed by atoms with Gasteiger partial charge < -0.3 is 0 Å². The Balaban J connectivity index is 2.24. The molecule has 0 unspecified atom stereocenters. The van der Waals surface area contributed by atoms with Crippen LogP contribution in [0.1, 0.15) is 24.0 Å². The fraction of sp³-hybridized carbons (Fsp3) is 0.455. The summed E-state index contributed by atoms with van der Waals surface area (Å²) in [5, 5.41) is 0. The first-order valence-corrected chi connectivity index (χ1v) is 5.67. The molecule has 0 spiro atoms. The summed E-state index contributed by atoms with van der Waals surface area (Å²) in [5.41, 5.74) is 3.12. The third-order valence-electron chi connectivity index (χ3n) is 2.54. The molecule has 0 fully saturated rings. The van der Waals surface area contributed by atoms with E-state index in [0.29, 0.717) is 0 Å². The lowest BCUT2D eigenvalue weighted by Crippen LogP contribution is -2.02. The first kappa shape index (κ1) is 9.10. The van der Waals surface area contributed by atoms with E-state index in [9.17, 15) is 0 Å². The fourth-order valence-electron chi connectivity index (χ4n) is 1.89. The number of nitrogens with one attached hydrogen (secondary N) is 1. The SMILES string of the molecule is CNSc1ccc2c(c1)CCCC2. The van der Waals surface area contributed by atoms with Gasteiger partial charge in [0.25, 0.3) is 0 Å². The Bertz CT molecular complexity index is 296. The lowest BCUT2D eigenvalue weighted by molar-refractivity contribution is 0.683. The summed E-state index contributed by atoms with van der Waals surface area (Å²) >= 11 is 1.70. The standard InChI is InChI=1S/C11H15NS/c1-12-13-11-7-6-9-4-2-3-5-10(9)8-11/h6-8,12H,2-5H2,1H3. The highest BCUT2D eigenvalue weighted by atomic mass is 32.2. The third kappa shape index (κ3) is 2.06. The smallest absolute Gasteiger partial charge is 0.0230 e. The van der Waals surface area contributed by atoms with Gasteiger partial charge in [0.2, 0.25) is 0 Å². The second-order valence-electron chi connectivity index (χ2n) is 3.44. The van der Waals surface area contributed by atoms with Gasteiger partial charge in [-0.3, -0.25) is 4.72 Å². The molecular formula is C11H15NS. The van der Waals surface area contributed by atoms with Gasteiger partial charge in [0.15, 0.2) is 0 Å². The molecule has 0 saturated carbocycles. The van der Waals surface area contributed by atoms with E-state index < -0.39 is 0 Å². The zero-order chi connectivity index (χ0) is 9.10. The molecule has 0 atom stereocenters. The van der Waals surface area contributed by atoms with Crippen molar-refractivity contribution in [2.75, 3.05) is 7.05 Å². The Morgan fingerprint density at radius 2 is 1.92 bits per heavy atom. The van der Waals surface area contributed by atoms with Crippen molar-refractivity contribution in [3.8, 4) is 0 Å². The Kier molecular flexibility index (Phi) is 2.91. The van der Waals surface area contributed by atoms with Gasteiger partial charge in [-0.1, -0.05) is 6.07 Å². The molecule has 1 nitrogen and oxygen atoms in total. The number of aryl methyl sites for hydroxylation is 2. The van der Waals surface area contributed by atoms with Gasteiger partial charge >= 0.3 is 0 Å². The topological polar surface area (TPSA) is 12.0 Å². The van der Waals surface area contributed by atoms with Crippen LogP contribution in [-0.4, -0.2) is 7.05 Å². The van der Waals surface area contributed by atoms with Crippen LogP contribution in [0.2, 0.25) is 0 Å². The molecular weight excluding hydrogens is 178 g/mol. The van der Waals surface area contributed by atoms with E-state index in [4.69, 9.17) is 0 Å². The average molecular weight is 193 g/mol. The third-order valence-corrected chi connectivity index (χ3v) is 3.23. The summed E-state index contributed by atoms with van der Waals surface area (Å²) in [7, 11) is 1.96. The molecule has 1 aromatic rings. The molecule has 0 amide bonds. The molecule has 1 aromatic carbocycles. The highest BCUT2D eigenvalue weighted by Gasteiger charge is 2.08. The van der Waals surface area contributed by atoms with Gasteiger partial charge in [-0.2, -0.15) is 0 Å². The zero-order valence-corrected chi connectivity index (χ0v) is 8.79. The van der Waals surface area contributed by atoms with Crippen LogP contribution in [0.15, 0.2) is 23.1 Å². The molecule has 2 heteroatoms. The average Bonchev–Trinajstić information content (AvgIpc) is 2.18. The van der Waals surface area contributed by atoms with Gasteiger partial charge in [-0.05, 0) is 67.9 Å². The van der Waals surface area contributed by atoms with Crippen LogP contribution in [0.25, 0.3) is 0 Å². The van der Waals surface area contributed by atoms with Crippen LogP contribution in [0, 0.1) is 0 Å². The predicted molar refractivity (Wildman–Crippen MR) is 58.0 cm³/mol. The lowest BCUT2D eigenvalue weighted by atomic mass is 9.92. The van der Waals surface area contributed by atoms with Crippen LogP contribution >= 0.6 is 11.9 Å². The van der Waals surface area contributed by atoms with Crippen molar-refractivity contribution in [1.82, 2.24) is 4.72 Å². The molecule has 13 heavy (non-hydrogen) atoms. The van der Waals surface area contributed by atoms with Crippen LogP contribution in [0.5, 0.6) is 0 Å². The van der Waals surface area contributed by atoms with Crippen LogP contribution in [0.4, 0.5) is 0 Å². The second-order valence-corrected chi connectivity index (χ2v) is 4.53. The molecule has 1 aliphatic rings. The van der Waals surface area contributed by atoms with E-state index in [1.807, 2.05) is 7.05 Å². The van der Waals surface area contributed by atoms with Crippen molar-refractivity contribution < 1.29 is 0 Å². The maximum Gasteiger partial charge on any atom is 0.0230 e. The van der Waals surface area contributed by atoms with Gasteiger partial charge in [-0.25, -0.2) is 0 Å². The van der Waals surface area contributed by atoms with E-state index in [-0.39, 0.29) is 0 Å². The number of fused-ring (bicyclic) bond motifs is 1. The van der Waals surface area contributed by atoms with Gasteiger partial charge in [0, 0.05) is 4.90 Å². The monoisotopic (exact) mass is 193 g/mol. The van der Waals surface area contributed by atoms with Crippen LogP contribution in [-0.2, 0) is 12.8 Å². The van der Waals surface area contributed by atoms with Crippen LogP contribution < -0.4 is 4.72 Å². The summed E-state index contributed by atoms with van der Waals surface area (Å²) in [5.74, 6) is 0.